The van der Waals surface area contributed by atoms with Gasteiger partial charge in [0.25, 0.3) is 0 Å². The molecule has 3 heteroatoms. The number of nitrogens with one attached hydrogen (secondary N) is 1. The average Bonchev–Trinajstić information content (AvgIpc) is 2.15. The van der Waals surface area contributed by atoms with Gasteiger partial charge in [-0.1, -0.05) is 13.8 Å². The Bertz CT molecular complexity index is 204. The molecule has 0 bridgehead atoms. The number of hydrogen-bond donors (Lipinski definition) is 2. The maximum absolute atomic E-state index is 9.27. The molecule has 96 valence electrons. The Hall–Kier alpha value is -0.120. The van der Waals surface area contributed by atoms with Crippen LogP contribution in [-0.2, 0) is 0 Å². The van der Waals surface area contributed by atoms with Gasteiger partial charge in [0.05, 0.1) is 6.10 Å². The number of rotatable bonds is 7. The molecule has 0 radical (unpaired) electrons. The van der Waals surface area contributed by atoms with Crippen LogP contribution >= 0.6 is 0 Å². The molecule has 0 aromatic rings. The Morgan fingerprint density at radius 3 is 2.50 bits per heavy atom. The monoisotopic (exact) mass is 228 g/mol. The van der Waals surface area contributed by atoms with E-state index in [1.807, 2.05) is 7.05 Å². The smallest absolute Gasteiger partial charge is 0.0546 e. The fraction of sp³-hybridized carbons (Fsp3) is 1.00. The first-order valence-corrected chi connectivity index (χ1v) is 6.50. The Morgan fingerprint density at radius 2 is 2.06 bits per heavy atom. The molecule has 0 saturated heterocycles. The van der Waals surface area contributed by atoms with E-state index < -0.39 is 0 Å². The highest BCUT2D eigenvalue weighted by Gasteiger charge is 2.30. The van der Waals surface area contributed by atoms with Crippen LogP contribution in [0.5, 0.6) is 0 Å². The topological polar surface area (TPSA) is 35.5 Å². The van der Waals surface area contributed by atoms with Gasteiger partial charge >= 0.3 is 0 Å². The highest BCUT2D eigenvalue weighted by atomic mass is 16.3. The molecule has 1 unspecified atom stereocenters. The Morgan fingerprint density at radius 1 is 1.44 bits per heavy atom. The molecule has 0 aliphatic heterocycles. The summed E-state index contributed by atoms with van der Waals surface area (Å²) in [4.78, 5) is 2.43. The first-order valence-electron chi connectivity index (χ1n) is 6.50. The van der Waals surface area contributed by atoms with E-state index in [2.05, 4.69) is 31.1 Å². The van der Waals surface area contributed by atoms with E-state index >= 15 is 0 Å². The molecule has 2 N–H and O–H groups in total. The zero-order chi connectivity index (χ0) is 12.2. The van der Waals surface area contributed by atoms with E-state index in [1.165, 1.54) is 6.42 Å². The van der Waals surface area contributed by atoms with Crippen LogP contribution in [-0.4, -0.2) is 49.8 Å². The van der Waals surface area contributed by atoms with Crippen molar-refractivity contribution >= 4 is 0 Å². The van der Waals surface area contributed by atoms with E-state index in [4.69, 9.17) is 0 Å². The second-order valence-electron chi connectivity index (χ2n) is 5.88. The van der Waals surface area contributed by atoms with Gasteiger partial charge < -0.3 is 15.3 Å². The molecule has 1 atom stereocenters. The third-order valence-electron chi connectivity index (χ3n) is 3.89. The minimum Gasteiger partial charge on any atom is -0.393 e. The molecule has 3 nitrogen and oxygen atoms in total. The van der Waals surface area contributed by atoms with Crippen molar-refractivity contribution in [3.05, 3.63) is 0 Å². The van der Waals surface area contributed by atoms with Crippen molar-refractivity contribution in [1.29, 1.82) is 0 Å². The fourth-order valence-corrected chi connectivity index (χ4v) is 2.73. The molecule has 0 aromatic carbocycles. The van der Waals surface area contributed by atoms with Gasteiger partial charge in [-0.05, 0) is 44.7 Å². The Kier molecular flexibility index (Phi) is 5.22. The second kappa shape index (κ2) is 5.99. The van der Waals surface area contributed by atoms with Gasteiger partial charge in [-0.3, -0.25) is 0 Å². The average molecular weight is 228 g/mol. The summed E-state index contributed by atoms with van der Waals surface area (Å²) in [7, 11) is 4.23. The molecule has 1 rings (SSSR count). The number of aliphatic hydroxyl groups is 1. The SMILES string of the molecule is CCC(C)(CNC)CN(C)CC1CC(O)C1. The quantitative estimate of drug-likeness (QED) is 0.690. The van der Waals surface area contributed by atoms with Crippen LogP contribution in [0.25, 0.3) is 0 Å². The van der Waals surface area contributed by atoms with Crippen molar-refractivity contribution in [1.82, 2.24) is 10.2 Å². The third-order valence-corrected chi connectivity index (χ3v) is 3.89. The van der Waals surface area contributed by atoms with Gasteiger partial charge in [0.15, 0.2) is 0 Å². The fourth-order valence-electron chi connectivity index (χ4n) is 2.73. The van der Waals surface area contributed by atoms with Gasteiger partial charge in [0.2, 0.25) is 0 Å². The van der Waals surface area contributed by atoms with E-state index in [1.54, 1.807) is 0 Å². The minimum absolute atomic E-state index is 0.0201. The summed E-state index contributed by atoms with van der Waals surface area (Å²) in [6.07, 6.45) is 3.18. The standard InChI is InChI=1S/C13H28N2O/c1-5-13(2,9-14-3)10-15(4)8-11-6-12(16)7-11/h11-12,14,16H,5-10H2,1-4H3. The van der Waals surface area contributed by atoms with Gasteiger partial charge in [-0.15, -0.1) is 0 Å². The summed E-state index contributed by atoms with van der Waals surface area (Å²) in [5, 5.41) is 12.6. The molecular formula is C13H28N2O. The van der Waals surface area contributed by atoms with E-state index in [9.17, 15) is 5.11 Å². The summed E-state index contributed by atoms with van der Waals surface area (Å²) in [6, 6.07) is 0. The van der Waals surface area contributed by atoms with Gasteiger partial charge in [-0.25, -0.2) is 0 Å². The van der Waals surface area contributed by atoms with Crippen LogP contribution in [0, 0.1) is 11.3 Å². The van der Waals surface area contributed by atoms with Crippen molar-refractivity contribution in [3.63, 3.8) is 0 Å². The highest BCUT2D eigenvalue weighted by molar-refractivity contribution is 4.83. The van der Waals surface area contributed by atoms with Crippen molar-refractivity contribution in [3.8, 4) is 0 Å². The molecule has 1 fully saturated rings. The summed E-state index contributed by atoms with van der Waals surface area (Å²) in [5.74, 6) is 0.718. The maximum atomic E-state index is 9.27. The number of aliphatic hydroxyl groups excluding tert-OH is 1. The van der Waals surface area contributed by atoms with Crippen molar-refractivity contribution in [2.75, 3.05) is 33.7 Å². The van der Waals surface area contributed by atoms with Crippen LogP contribution in [0.3, 0.4) is 0 Å². The summed E-state index contributed by atoms with van der Waals surface area (Å²) < 4.78 is 0. The lowest BCUT2D eigenvalue weighted by molar-refractivity contribution is 0.0225. The van der Waals surface area contributed by atoms with Crippen LogP contribution < -0.4 is 5.32 Å². The number of hydrogen-bond acceptors (Lipinski definition) is 3. The van der Waals surface area contributed by atoms with Crippen LogP contribution in [0.1, 0.15) is 33.1 Å². The molecule has 0 heterocycles. The van der Waals surface area contributed by atoms with Crippen molar-refractivity contribution in [2.24, 2.45) is 11.3 Å². The summed E-state index contributed by atoms with van der Waals surface area (Å²) in [6.45, 7) is 7.95. The highest BCUT2D eigenvalue weighted by Crippen LogP contribution is 2.29. The molecule has 0 amide bonds. The lowest BCUT2D eigenvalue weighted by Gasteiger charge is -2.38. The van der Waals surface area contributed by atoms with Gasteiger partial charge in [-0.2, -0.15) is 0 Å². The van der Waals surface area contributed by atoms with Crippen LogP contribution in [0.15, 0.2) is 0 Å². The zero-order valence-corrected chi connectivity index (χ0v) is 11.3. The normalized spacial score (nSPS) is 28.9. The molecule has 1 saturated carbocycles. The molecule has 1 aliphatic carbocycles. The summed E-state index contributed by atoms with van der Waals surface area (Å²) in [5.41, 5.74) is 0.367. The Labute approximate surface area is 100 Å². The van der Waals surface area contributed by atoms with Gasteiger partial charge in [0, 0.05) is 19.6 Å². The maximum Gasteiger partial charge on any atom is 0.0546 e. The summed E-state index contributed by atoms with van der Waals surface area (Å²) >= 11 is 0. The van der Waals surface area contributed by atoms with E-state index in [0.29, 0.717) is 5.41 Å². The van der Waals surface area contributed by atoms with E-state index in [-0.39, 0.29) is 6.10 Å². The van der Waals surface area contributed by atoms with E-state index in [0.717, 1.165) is 38.4 Å². The predicted octanol–water partition coefficient (Wildman–Crippen LogP) is 1.32. The first-order chi connectivity index (χ1) is 7.49. The third kappa shape index (κ3) is 4.04. The minimum atomic E-state index is -0.0201. The largest absolute Gasteiger partial charge is 0.393 e. The second-order valence-corrected chi connectivity index (χ2v) is 5.88. The molecule has 16 heavy (non-hydrogen) atoms. The molecule has 1 aliphatic rings. The lowest BCUT2D eigenvalue weighted by atomic mass is 9.81. The molecular weight excluding hydrogens is 200 g/mol. The molecule has 0 spiro atoms. The van der Waals surface area contributed by atoms with Crippen molar-refractivity contribution < 1.29 is 5.11 Å². The van der Waals surface area contributed by atoms with Crippen LogP contribution in [0.2, 0.25) is 0 Å². The lowest BCUT2D eigenvalue weighted by Crippen LogP contribution is -2.43. The van der Waals surface area contributed by atoms with Crippen molar-refractivity contribution in [2.45, 2.75) is 39.2 Å². The number of nitrogens with zero attached hydrogens (tertiary/aromatic N) is 1. The van der Waals surface area contributed by atoms with Gasteiger partial charge in [0.1, 0.15) is 0 Å². The first kappa shape index (κ1) is 13.9. The zero-order valence-electron chi connectivity index (χ0n) is 11.3. The Balaban J connectivity index is 2.28. The molecule has 0 aromatic heterocycles. The van der Waals surface area contributed by atoms with Crippen LogP contribution in [0.4, 0.5) is 0 Å². The predicted molar refractivity (Wildman–Crippen MR) is 68.6 cm³/mol.